The lowest BCUT2D eigenvalue weighted by molar-refractivity contribution is -0.116. The highest BCUT2D eigenvalue weighted by Gasteiger charge is 2.27. The summed E-state index contributed by atoms with van der Waals surface area (Å²) in [5, 5.41) is 3.51. The molecule has 0 spiro atoms. The van der Waals surface area contributed by atoms with Crippen LogP contribution in [0.3, 0.4) is 0 Å². The summed E-state index contributed by atoms with van der Waals surface area (Å²) in [4.78, 5) is 20.7. The lowest BCUT2D eigenvalue weighted by Crippen LogP contribution is -2.33. The summed E-state index contributed by atoms with van der Waals surface area (Å²) in [6.45, 7) is 0.387. The van der Waals surface area contributed by atoms with Crippen molar-refractivity contribution in [3.63, 3.8) is 0 Å². The largest absolute Gasteiger partial charge is 0.497 e. The number of ether oxygens (including phenoxy) is 2. The zero-order valence-electron chi connectivity index (χ0n) is 16.3. The number of benzene rings is 2. The molecule has 0 fully saturated rings. The molecule has 30 heavy (non-hydrogen) atoms. The first-order valence-electron chi connectivity index (χ1n) is 9.48. The van der Waals surface area contributed by atoms with Crippen molar-refractivity contribution in [3.8, 4) is 22.8 Å². The molecule has 2 aromatic carbocycles. The first-order chi connectivity index (χ1) is 14.6. The Kier molecular flexibility index (Phi) is 5.95. The van der Waals surface area contributed by atoms with Gasteiger partial charge in [0.05, 0.1) is 25.5 Å². The SMILES string of the molecule is COc1ccc(/C=C/C(=O)NC[C@H]2Cc3cc(Cl)cc(-c4cnccn4)c3O2)cc1. The van der Waals surface area contributed by atoms with Crippen LogP contribution >= 0.6 is 11.6 Å². The second kappa shape index (κ2) is 8.97. The Bertz CT molecular complexity index is 1070. The average Bonchev–Trinajstić information content (AvgIpc) is 3.19. The van der Waals surface area contributed by atoms with Crippen molar-refractivity contribution in [3.05, 3.63) is 77.2 Å². The molecule has 7 heteroatoms. The van der Waals surface area contributed by atoms with Crippen LogP contribution in [0, 0.1) is 0 Å². The van der Waals surface area contributed by atoms with Gasteiger partial charge in [-0.25, -0.2) is 0 Å². The number of rotatable bonds is 6. The summed E-state index contributed by atoms with van der Waals surface area (Å²) in [5.74, 6) is 1.33. The van der Waals surface area contributed by atoms with Crippen LogP contribution in [-0.4, -0.2) is 35.6 Å². The Balaban J connectivity index is 1.38. The van der Waals surface area contributed by atoms with E-state index in [0.717, 1.165) is 28.2 Å². The zero-order chi connectivity index (χ0) is 20.9. The molecular formula is C23H20ClN3O3. The third-order valence-electron chi connectivity index (χ3n) is 4.75. The highest BCUT2D eigenvalue weighted by Crippen LogP contribution is 2.40. The second-order valence-electron chi connectivity index (χ2n) is 6.83. The first-order valence-corrected chi connectivity index (χ1v) is 9.85. The number of carbonyl (C=O) groups excluding carboxylic acids is 1. The van der Waals surface area contributed by atoms with Crippen molar-refractivity contribution < 1.29 is 14.3 Å². The number of carbonyl (C=O) groups is 1. The molecular weight excluding hydrogens is 402 g/mol. The fraction of sp³-hybridized carbons (Fsp3) is 0.174. The zero-order valence-corrected chi connectivity index (χ0v) is 17.1. The Morgan fingerprint density at radius 3 is 2.87 bits per heavy atom. The van der Waals surface area contributed by atoms with Gasteiger partial charge >= 0.3 is 0 Å². The van der Waals surface area contributed by atoms with Gasteiger partial charge in [0.2, 0.25) is 5.91 Å². The molecule has 0 saturated heterocycles. The van der Waals surface area contributed by atoms with Crippen LogP contribution in [-0.2, 0) is 11.2 Å². The molecule has 4 rings (SSSR count). The summed E-state index contributed by atoms with van der Waals surface area (Å²) < 4.78 is 11.2. The van der Waals surface area contributed by atoms with Crippen molar-refractivity contribution in [2.24, 2.45) is 0 Å². The number of amides is 1. The molecule has 0 unspecified atom stereocenters. The minimum absolute atomic E-state index is 0.174. The number of halogens is 1. The van der Waals surface area contributed by atoms with Gasteiger partial charge in [0, 0.05) is 41.0 Å². The molecule has 1 aromatic heterocycles. The van der Waals surface area contributed by atoms with Gasteiger partial charge in [-0.3, -0.25) is 14.8 Å². The number of fused-ring (bicyclic) bond motifs is 1. The van der Waals surface area contributed by atoms with E-state index in [2.05, 4.69) is 15.3 Å². The number of hydrogen-bond acceptors (Lipinski definition) is 5. The molecule has 1 atom stereocenters. The number of hydrogen-bond donors (Lipinski definition) is 1. The summed E-state index contributed by atoms with van der Waals surface area (Å²) in [6.07, 6.45) is 8.67. The lowest BCUT2D eigenvalue weighted by Gasteiger charge is -2.12. The fourth-order valence-corrected chi connectivity index (χ4v) is 3.54. The molecule has 3 aromatic rings. The van der Waals surface area contributed by atoms with Crippen LogP contribution in [0.15, 0.2) is 61.1 Å². The minimum atomic E-state index is -0.183. The van der Waals surface area contributed by atoms with E-state index in [1.165, 1.54) is 6.08 Å². The van der Waals surface area contributed by atoms with Crippen molar-refractivity contribution in [2.45, 2.75) is 12.5 Å². The number of nitrogens with zero attached hydrogens (tertiary/aromatic N) is 2. The Morgan fingerprint density at radius 2 is 2.13 bits per heavy atom. The van der Waals surface area contributed by atoms with E-state index >= 15 is 0 Å². The molecule has 0 bridgehead atoms. The maximum atomic E-state index is 12.2. The quantitative estimate of drug-likeness (QED) is 0.610. The Morgan fingerprint density at radius 1 is 1.30 bits per heavy atom. The van der Waals surface area contributed by atoms with E-state index in [1.54, 1.807) is 31.8 Å². The summed E-state index contributed by atoms with van der Waals surface area (Å²) >= 11 is 6.28. The maximum absolute atomic E-state index is 12.2. The van der Waals surface area contributed by atoms with Crippen LogP contribution in [0.2, 0.25) is 5.02 Å². The van der Waals surface area contributed by atoms with E-state index in [0.29, 0.717) is 23.7 Å². The summed E-state index contributed by atoms with van der Waals surface area (Å²) in [5.41, 5.74) is 3.41. The third-order valence-corrected chi connectivity index (χ3v) is 4.97. The van der Waals surface area contributed by atoms with Gasteiger partial charge in [0.25, 0.3) is 0 Å². The van der Waals surface area contributed by atoms with Gasteiger partial charge < -0.3 is 14.8 Å². The fourth-order valence-electron chi connectivity index (χ4n) is 3.30. The monoisotopic (exact) mass is 421 g/mol. The Labute approximate surface area is 179 Å². The smallest absolute Gasteiger partial charge is 0.244 e. The standard InChI is InChI=1S/C23H20ClN3O3/c1-29-18-5-2-15(3-6-18)4-7-22(28)27-13-19-11-16-10-17(24)12-20(23(16)30-19)21-14-25-8-9-26-21/h2-10,12,14,19H,11,13H2,1H3,(H,27,28)/b7-4+/t19-/m1/s1. The third kappa shape index (κ3) is 4.60. The van der Waals surface area contributed by atoms with E-state index in [1.807, 2.05) is 36.4 Å². The van der Waals surface area contributed by atoms with Crippen LogP contribution in [0.25, 0.3) is 17.3 Å². The van der Waals surface area contributed by atoms with E-state index in [4.69, 9.17) is 21.1 Å². The topological polar surface area (TPSA) is 73.3 Å². The minimum Gasteiger partial charge on any atom is -0.497 e. The molecule has 6 nitrogen and oxygen atoms in total. The van der Waals surface area contributed by atoms with Gasteiger partial charge in [0.15, 0.2) is 0 Å². The molecule has 2 heterocycles. The molecule has 1 amide bonds. The van der Waals surface area contributed by atoms with Gasteiger partial charge in [-0.2, -0.15) is 0 Å². The van der Waals surface area contributed by atoms with Gasteiger partial charge in [-0.1, -0.05) is 23.7 Å². The summed E-state index contributed by atoms with van der Waals surface area (Å²) in [6, 6.07) is 11.2. The molecule has 1 N–H and O–H groups in total. The maximum Gasteiger partial charge on any atom is 0.244 e. The van der Waals surface area contributed by atoms with Crippen LogP contribution < -0.4 is 14.8 Å². The van der Waals surface area contributed by atoms with Gasteiger partial charge in [0.1, 0.15) is 17.6 Å². The predicted molar refractivity (Wildman–Crippen MR) is 116 cm³/mol. The molecule has 0 radical (unpaired) electrons. The highest BCUT2D eigenvalue weighted by atomic mass is 35.5. The van der Waals surface area contributed by atoms with Crippen molar-refractivity contribution in [1.29, 1.82) is 0 Å². The van der Waals surface area contributed by atoms with Gasteiger partial charge in [-0.15, -0.1) is 0 Å². The van der Waals surface area contributed by atoms with Crippen molar-refractivity contribution in [1.82, 2.24) is 15.3 Å². The predicted octanol–water partition coefficient (Wildman–Crippen LogP) is 3.94. The normalized spacial score (nSPS) is 14.9. The Hall–Kier alpha value is -3.38. The lowest BCUT2D eigenvalue weighted by atomic mass is 10.0. The van der Waals surface area contributed by atoms with Crippen LogP contribution in [0.5, 0.6) is 11.5 Å². The molecule has 152 valence electrons. The van der Waals surface area contributed by atoms with Crippen molar-refractivity contribution >= 4 is 23.6 Å². The molecule has 0 saturated carbocycles. The summed E-state index contributed by atoms with van der Waals surface area (Å²) in [7, 11) is 1.62. The number of methoxy groups -OCH3 is 1. The van der Waals surface area contributed by atoms with Crippen molar-refractivity contribution in [2.75, 3.05) is 13.7 Å². The number of nitrogens with one attached hydrogen (secondary N) is 1. The van der Waals surface area contributed by atoms with Crippen LogP contribution in [0.1, 0.15) is 11.1 Å². The molecule has 1 aliphatic heterocycles. The first kappa shape index (κ1) is 19.9. The average molecular weight is 422 g/mol. The van der Waals surface area contributed by atoms with Crippen LogP contribution in [0.4, 0.5) is 0 Å². The highest BCUT2D eigenvalue weighted by molar-refractivity contribution is 6.31. The van der Waals surface area contributed by atoms with E-state index in [9.17, 15) is 4.79 Å². The molecule has 1 aliphatic rings. The van der Waals surface area contributed by atoms with E-state index < -0.39 is 0 Å². The second-order valence-corrected chi connectivity index (χ2v) is 7.26. The number of aromatic nitrogens is 2. The van der Waals surface area contributed by atoms with Gasteiger partial charge in [-0.05, 0) is 35.9 Å². The van der Waals surface area contributed by atoms with E-state index in [-0.39, 0.29) is 12.0 Å². The molecule has 0 aliphatic carbocycles.